The van der Waals surface area contributed by atoms with Gasteiger partial charge in [-0.3, -0.25) is 0 Å². The van der Waals surface area contributed by atoms with Gasteiger partial charge in [0.25, 0.3) is 5.92 Å². The van der Waals surface area contributed by atoms with Crippen molar-refractivity contribution in [3.05, 3.63) is 30.0 Å². The Morgan fingerprint density at radius 1 is 1.24 bits per heavy atom. The van der Waals surface area contributed by atoms with Crippen LogP contribution in [-0.2, 0) is 5.92 Å². The van der Waals surface area contributed by atoms with E-state index in [9.17, 15) is 8.78 Å². The lowest BCUT2D eigenvalue weighted by molar-refractivity contribution is 0.0183. The monoisotopic (exact) mass is 242 g/mol. The number of ether oxygens (including phenoxy) is 1. The fraction of sp³-hybridized carbons (Fsp3) is 0.385. The van der Waals surface area contributed by atoms with Gasteiger partial charge in [0.2, 0.25) is 0 Å². The van der Waals surface area contributed by atoms with Crippen molar-refractivity contribution < 1.29 is 17.9 Å². The third-order valence-electron chi connectivity index (χ3n) is 2.26. The highest BCUT2D eigenvalue weighted by Gasteiger charge is 2.28. The predicted molar refractivity (Wildman–Crippen MR) is 63.7 cm³/mol. The molecule has 2 nitrogen and oxygen atoms in total. The van der Waals surface area contributed by atoms with Gasteiger partial charge >= 0.3 is 0 Å². The van der Waals surface area contributed by atoms with Crippen molar-refractivity contribution >= 4 is 11.0 Å². The number of halogens is 2. The summed E-state index contributed by atoms with van der Waals surface area (Å²) in [5, 5.41) is 0.420. The van der Waals surface area contributed by atoms with E-state index in [1.807, 2.05) is 13.8 Å². The van der Waals surface area contributed by atoms with Crippen LogP contribution in [0.25, 0.3) is 11.0 Å². The molecule has 0 bridgehead atoms. The zero-order valence-corrected chi connectivity index (χ0v) is 10.4. The first kappa shape index (κ1) is 13.5. The molecule has 1 aromatic carbocycles. The molecule has 1 heterocycles. The van der Waals surface area contributed by atoms with Crippen LogP contribution in [0.1, 0.15) is 26.3 Å². The van der Waals surface area contributed by atoms with E-state index in [2.05, 4.69) is 0 Å². The molecule has 1 aromatic heterocycles. The third-order valence-corrected chi connectivity index (χ3v) is 2.26. The van der Waals surface area contributed by atoms with Crippen molar-refractivity contribution in [1.82, 2.24) is 0 Å². The Hall–Kier alpha value is -1.58. The summed E-state index contributed by atoms with van der Waals surface area (Å²) in [6, 6.07) is 4.79. The zero-order valence-electron chi connectivity index (χ0n) is 10.4. The minimum Gasteiger partial charge on any atom is -0.497 e. The Bertz CT molecular complexity index is 484. The second-order valence-electron chi connectivity index (χ2n) is 3.40. The largest absolute Gasteiger partial charge is 0.497 e. The number of methoxy groups -OCH3 is 1. The van der Waals surface area contributed by atoms with Gasteiger partial charge in [0, 0.05) is 18.4 Å². The summed E-state index contributed by atoms with van der Waals surface area (Å²) >= 11 is 0. The van der Waals surface area contributed by atoms with Crippen LogP contribution < -0.4 is 4.74 Å². The van der Waals surface area contributed by atoms with Gasteiger partial charge < -0.3 is 9.15 Å². The molecular weight excluding hydrogens is 226 g/mol. The van der Waals surface area contributed by atoms with E-state index in [-0.39, 0.29) is 5.56 Å². The Morgan fingerprint density at radius 3 is 2.41 bits per heavy atom. The van der Waals surface area contributed by atoms with E-state index in [4.69, 9.17) is 9.15 Å². The molecule has 0 fully saturated rings. The number of rotatable bonds is 2. The van der Waals surface area contributed by atoms with Gasteiger partial charge in [-0.15, -0.1) is 0 Å². The van der Waals surface area contributed by atoms with E-state index in [0.717, 1.165) is 13.2 Å². The van der Waals surface area contributed by atoms with E-state index in [1.54, 1.807) is 18.2 Å². The van der Waals surface area contributed by atoms with Crippen molar-refractivity contribution in [2.24, 2.45) is 0 Å². The Morgan fingerprint density at radius 2 is 1.88 bits per heavy atom. The smallest absolute Gasteiger partial charge is 0.274 e. The molecule has 0 aliphatic carbocycles. The molecule has 0 unspecified atom stereocenters. The minimum atomic E-state index is -2.89. The molecule has 0 amide bonds. The first-order chi connectivity index (χ1) is 8.02. The fourth-order valence-corrected chi connectivity index (χ4v) is 1.48. The molecule has 0 aliphatic rings. The summed E-state index contributed by atoms with van der Waals surface area (Å²) in [6.07, 6.45) is 1.09. The van der Waals surface area contributed by atoms with Crippen LogP contribution in [0.15, 0.2) is 28.9 Å². The number of alkyl halides is 2. The molecule has 2 aromatic rings. The van der Waals surface area contributed by atoms with Crippen molar-refractivity contribution in [2.45, 2.75) is 26.7 Å². The summed E-state index contributed by atoms with van der Waals surface area (Å²) in [4.78, 5) is 0. The van der Waals surface area contributed by atoms with Crippen LogP contribution in [0.4, 0.5) is 8.78 Å². The number of benzene rings is 1. The van der Waals surface area contributed by atoms with Gasteiger partial charge in [0.15, 0.2) is 0 Å². The molecule has 0 spiro atoms. The molecule has 0 saturated heterocycles. The fourth-order valence-electron chi connectivity index (χ4n) is 1.48. The summed E-state index contributed by atoms with van der Waals surface area (Å²) in [7, 11) is 1.51. The molecule has 0 radical (unpaired) electrons. The number of hydrogen-bond acceptors (Lipinski definition) is 2. The van der Waals surface area contributed by atoms with E-state index < -0.39 is 5.92 Å². The molecule has 0 atom stereocenters. The predicted octanol–water partition coefficient (Wildman–Crippen LogP) is 4.58. The zero-order chi connectivity index (χ0) is 13.1. The minimum absolute atomic E-state index is 0.0971. The van der Waals surface area contributed by atoms with Crippen LogP contribution in [0.3, 0.4) is 0 Å². The Labute approximate surface area is 99.2 Å². The normalized spacial score (nSPS) is 10.9. The third kappa shape index (κ3) is 2.75. The van der Waals surface area contributed by atoms with Gasteiger partial charge in [-0.1, -0.05) is 13.8 Å². The molecule has 94 valence electrons. The summed E-state index contributed by atoms with van der Waals surface area (Å²) in [5.74, 6) is -2.30. The maximum Gasteiger partial charge on any atom is 0.274 e. The standard InChI is InChI=1S/C11H10F2O2.C2H6/c1-11(12,13)9-6-15-10-5-7(14-2)3-4-8(9)10;1-2/h3-6H,1-2H3;1-2H3. The van der Waals surface area contributed by atoms with Crippen LogP contribution in [0.2, 0.25) is 0 Å². The Balaban J connectivity index is 0.000000686. The topological polar surface area (TPSA) is 22.4 Å². The van der Waals surface area contributed by atoms with E-state index in [0.29, 0.717) is 16.7 Å². The number of hydrogen-bond donors (Lipinski definition) is 0. The Kier molecular flexibility index (Phi) is 4.10. The van der Waals surface area contributed by atoms with Crippen molar-refractivity contribution in [3.63, 3.8) is 0 Å². The van der Waals surface area contributed by atoms with Gasteiger partial charge in [-0.2, -0.15) is 0 Å². The first-order valence-electron chi connectivity index (χ1n) is 5.46. The maximum absolute atomic E-state index is 13.1. The summed E-state index contributed by atoms with van der Waals surface area (Å²) in [5.41, 5.74) is 0.311. The average Bonchev–Trinajstić information content (AvgIpc) is 2.73. The van der Waals surface area contributed by atoms with E-state index in [1.165, 1.54) is 7.11 Å². The van der Waals surface area contributed by atoms with Crippen LogP contribution in [0.5, 0.6) is 5.75 Å². The van der Waals surface area contributed by atoms with Crippen molar-refractivity contribution in [1.29, 1.82) is 0 Å². The SMILES string of the molecule is CC.COc1ccc2c(C(C)(F)F)coc2c1. The van der Waals surface area contributed by atoms with Crippen molar-refractivity contribution in [2.75, 3.05) is 7.11 Å². The van der Waals surface area contributed by atoms with Gasteiger partial charge in [0.05, 0.1) is 12.7 Å². The molecule has 2 rings (SSSR count). The molecule has 0 N–H and O–H groups in total. The van der Waals surface area contributed by atoms with E-state index >= 15 is 0 Å². The summed E-state index contributed by atoms with van der Waals surface area (Å²) < 4.78 is 36.2. The number of fused-ring (bicyclic) bond motifs is 1. The van der Waals surface area contributed by atoms with Gasteiger partial charge in [-0.25, -0.2) is 8.78 Å². The summed E-state index contributed by atoms with van der Waals surface area (Å²) in [6.45, 7) is 4.85. The lowest BCUT2D eigenvalue weighted by Gasteiger charge is -2.07. The van der Waals surface area contributed by atoms with Crippen LogP contribution in [-0.4, -0.2) is 7.11 Å². The lowest BCUT2D eigenvalue weighted by atomic mass is 10.1. The molecule has 17 heavy (non-hydrogen) atoms. The highest BCUT2D eigenvalue weighted by atomic mass is 19.3. The average molecular weight is 242 g/mol. The van der Waals surface area contributed by atoms with Gasteiger partial charge in [-0.05, 0) is 12.1 Å². The molecule has 0 aliphatic heterocycles. The highest BCUT2D eigenvalue weighted by molar-refractivity contribution is 5.83. The van der Waals surface area contributed by atoms with Crippen LogP contribution >= 0.6 is 0 Å². The second kappa shape index (κ2) is 5.17. The number of furan rings is 1. The first-order valence-corrected chi connectivity index (χ1v) is 5.46. The molecular formula is C13H16F2O2. The molecule has 4 heteroatoms. The van der Waals surface area contributed by atoms with Crippen LogP contribution in [0, 0.1) is 0 Å². The second-order valence-corrected chi connectivity index (χ2v) is 3.40. The highest BCUT2D eigenvalue weighted by Crippen LogP contribution is 2.35. The van der Waals surface area contributed by atoms with Gasteiger partial charge in [0.1, 0.15) is 17.6 Å². The maximum atomic E-state index is 13.1. The quantitative estimate of drug-likeness (QED) is 0.769. The lowest BCUT2D eigenvalue weighted by Crippen LogP contribution is -2.05. The molecule has 0 saturated carbocycles. The van der Waals surface area contributed by atoms with Crippen molar-refractivity contribution in [3.8, 4) is 5.75 Å².